The molecule has 1 unspecified atom stereocenters. The first-order valence-electron chi connectivity index (χ1n) is 6.99. The number of hydrogen-bond donors (Lipinski definition) is 1. The molecule has 106 valence electrons. The van der Waals surface area contributed by atoms with Crippen LogP contribution in [0.3, 0.4) is 0 Å². The first-order valence-corrected chi connectivity index (χ1v) is 6.99. The van der Waals surface area contributed by atoms with E-state index in [2.05, 4.69) is 23.8 Å². The molecule has 0 radical (unpaired) electrons. The molecule has 1 fully saturated rings. The fourth-order valence-electron chi connectivity index (χ4n) is 2.88. The molecule has 1 aliphatic rings. The van der Waals surface area contributed by atoms with Gasteiger partial charge in [0.1, 0.15) is 5.82 Å². The van der Waals surface area contributed by atoms with E-state index in [1.165, 1.54) is 6.07 Å². The summed E-state index contributed by atoms with van der Waals surface area (Å²) in [6, 6.07) is 5.23. The topological polar surface area (TPSA) is 32.5 Å². The number of likely N-dealkylation sites (N-methyl/N-ethyl adjacent to an activating group) is 1. The van der Waals surface area contributed by atoms with Crippen molar-refractivity contribution in [2.75, 3.05) is 31.6 Å². The Morgan fingerprint density at radius 1 is 1.37 bits per heavy atom. The lowest BCUT2D eigenvalue weighted by Crippen LogP contribution is -2.38. The van der Waals surface area contributed by atoms with Crippen LogP contribution < -0.4 is 10.6 Å². The summed E-state index contributed by atoms with van der Waals surface area (Å²) in [6.45, 7) is 7.26. The van der Waals surface area contributed by atoms with E-state index in [1.54, 1.807) is 6.07 Å². The normalized spacial score (nSPS) is 23.2. The highest BCUT2D eigenvalue weighted by molar-refractivity contribution is 5.56. The summed E-state index contributed by atoms with van der Waals surface area (Å²) in [5.74, 6) is -0.212. The molecule has 2 rings (SSSR count). The summed E-state index contributed by atoms with van der Waals surface area (Å²) in [5, 5.41) is 0. The van der Waals surface area contributed by atoms with Crippen molar-refractivity contribution >= 4 is 5.69 Å². The van der Waals surface area contributed by atoms with Gasteiger partial charge in [0, 0.05) is 30.9 Å². The summed E-state index contributed by atoms with van der Waals surface area (Å²) >= 11 is 0. The van der Waals surface area contributed by atoms with E-state index in [9.17, 15) is 4.39 Å². The second-order valence-corrected chi connectivity index (χ2v) is 5.65. The van der Waals surface area contributed by atoms with Crippen molar-refractivity contribution in [3.05, 3.63) is 29.6 Å². The third-order valence-electron chi connectivity index (χ3n) is 3.84. The standard InChI is InChI=1S/C15H24FN3/c1-11-10-18(3)7-4-8-19(11)15-6-5-13(16)9-14(15)12(2)17/h5-6,9,11-12H,4,7-8,10,17H2,1-3H3/t11?,12-/m1/s1. The minimum Gasteiger partial charge on any atom is -0.367 e. The maximum atomic E-state index is 13.4. The molecular weight excluding hydrogens is 241 g/mol. The van der Waals surface area contributed by atoms with Crippen LogP contribution in [0, 0.1) is 5.82 Å². The lowest BCUT2D eigenvalue weighted by Gasteiger charge is -2.32. The van der Waals surface area contributed by atoms with Crippen LogP contribution in [-0.2, 0) is 0 Å². The fraction of sp³-hybridized carbons (Fsp3) is 0.600. The van der Waals surface area contributed by atoms with Gasteiger partial charge in [0.05, 0.1) is 0 Å². The Kier molecular flexibility index (Phi) is 4.42. The summed E-state index contributed by atoms with van der Waals surface area (Å²) in [5.41, 5.74) is 7.98. The molecule has 1 aliphatic heterocycles. The zero-order chi connectivity index (χ0) is 14.0. The van der Waals surface area contributed by atoms with Gasteiger partial charge in [-0.15, -0.1) is 0 Å². The molecule has 2 N–H and O–H groups in total. The van der Waals surface area contributed by atoms with Crippen molar-refractivity contribution < 1.29 is 4.39 Å². The highest BCUT2D eigenvalue weighted by atomic mass is 19.1. The Hall–Kier alpha value is -1.13. The molecule has 4 heteroatoms. The maximum absolute atomic E-state index is 13.4. The Morgan fingerprint density at radius 3 is 2.79 bits per heavy atom. The van der Waals surface area contributed by atoms with Crippen LogP contribution in [0.1, 0.15) is 31.9 Å². The molecular formula is C15H24FN3. The maximum Gasteiger partial charge on any atom is 0.123 e. The number of hydrogen-bond acceptors (Lipinski definition) is 3. The Morgan fingerprint density at radius 2 is 2.11 bits per heavy atom. The van der Waals surface area contributed by atoms with E-state index in [0.717, 1.165) is 37.3 Å². The van der Waals surface area contributed by atoms with Crippen molar-refractivity contribution in [2.24, 2.45) is 5.73 Å². The molecule has 0 amide bonds. The van der Waals surface area contributed by atoms with Gasteiger partial charge in [-0.25, -0.2) is 4.39 Å². The third kappa shape index (κ3) is 3.25. The number of halogens is 1. The van der Waals surface area contributed by atoms with E-state index in [4.69, 9.17) is 5.73 Å². The molecule has 19 heavy (non-hydrogen) atoms. The lowest BCUT2D eigenvalue weighted by molar-refractivity contribution is 0.337. The van der Waals surface area contributed by atoms with Crippen LogP contribution >= 0.6 is 0 Å². The van der Waals surface area contributed by atoms with Gasteiger partial charge >= 0.3 is 0 Å². The quantitative estimate of drug-likeness (QED) is 0.891. The molecule has 1 heterocycles. The van der Waals surface area contributed by atoms with E-state index in [0.29, 0.717) is 6.04 Å². The highest BCUT2D eigenvalue weighted by Crippen LogP contribution is 2.29. The lowest BCUT2D eigenvalue weighted by atomic mass is 10.0. The molecule has 0 saturated carbocycles. The van der Waals surface area contributed by atoms with E-state index >= 15 is 0 Å². The SMILES string of the molecule is CC1CN(C)CCCN1c1ccc(F)cc1[C@@H](C)N. The van der Waals surface area contributed by atoms with Crippen LogP contribution in [-0.4, -0.2) is 37.6 Å². The van der Waals surface area contributed by atoms with Crippen LogP contribution in [0.5, 0.6) is 0 Å². The van der Waals surface area contributed by atoms with Crippen molar-refractivity contribution in [3.8, 4) is 0 Å². The van der Waals surface area contributed by atoms with Crippen molar-refractivity contribution in [1.82, 2.24) is 4.90 Å². The van der Waals surface area contributed by atoms with Gasteiger partial charge in [-0.1, -0.05) is 0 Å². The fourth-order valence-corrected chi connectivity index (χ4v) is 2.88. The average molecular weight is 265 g/mol. The Bertz CT molecular complexity index is 433. The van der Waals surface area contributed by atoms with E-state index in [1.807, 2.05) is 13.0 Å². The van der Waals surface area contributed by atoms with Crippen LogP contribution in [0.25, 0.3) is 0 Å². The molecule has 1 saturated heterocycles. The van der Waals surface area contributed by atoms with Crippen LogP contribution in [0.4, 0.5) is 10.1 Å². The predicted octanol–water partition coefficient (Wildman–Crippen LogP) is 2.38. The predicted molar refractivity (Wildman–Crippen MR) is 77.9 cm³/mol. The third-order valence-corrected chi connectivity index (χ3v) is 3.84. The van der Waals surface area contributed by atoms with Gasteiger partial charge in [-0.3, -0.25) is 0 Å². The van der Waals surface area contributed by atoms with Crippen LogP contribution in [0.15, 0.2) is 18.2 Å². The number of anilines is 1. The van der Waals surface area contributed by atoms with Crippen LogP contribution in [0.2, 0.25) is 0 Å². The van der Waals surface area contributed by atoms with Gasteiger partial charge < -0.3 is 15.5 Å². The Balaban J connectivity index is 2.34. The van der Waals surface area contributed by atoms with Gasteiger partial charge in [0.2, 0.25) is 0 Å². The summed E-state index contributed by atoms with van der Waals surface area (Å²) in [6.07, 6.45) is 1.12. The molecule has 1 aromatic carbocycles. The van der Waals surface area contributed by atoms with Crippen molar-refractivity contribution in [2.45, 2.75) is 32.4 Å². The summed E-state index contributed by atoms with van der Waals surface area (Å²) in [7, 11) is 2.15. The molecule has 0 aromatic heterocycles. The number of nitrogens with two attached hydrogens (primary N) is 1. The first-order chi connectivity index (χ1) is 8.99. The average Bonchev–Trinajstić information content (AvgIpc) is 2.50. The molecule has 1 aromatic rings. The number of benzene rings is 1. The number of rotatable bonds is 2. The first kappa shape index (κ1) is 14.3. The zero-order valence-corrected chi connectivity index (χ0v) is 12.1. The molecule has 0 bridgehead atoms. The molecule has 0 spiro atoms. The molecule has 3 nitrogen and oxygen atoms in total. The zero-order valence-electron chi connectivity index (χ0n) is 12.1. The minimum atomic E-state index is -0.212. The van der Waals surface area contributed by atoms with Gasteiger partial charge in [-0.2, -0.15) is 0 Å². The second-order valence-electron chi connectivity index (χ2n) is 5.65. The van der Waals surface area contributed by atoms with Crippen molar-refractivity contribution in [1.29, 1.82) is 0 Å². The van der Waals surface area contributed by atoms with Gasteiger partial charge in [0.15, 0.2) is 0 Å². The summed E-state index contributed by atoms with van der Waals surface area (Å²) in [4.78, 5) is 4.71. The Labute approximate surface area is 115 Å². The van der Waals surface area contributed by atoms with Crippen molar-refractivity contribution in [3.63, 3.8) is 0 Å². The monoisotopic (exact) mass is 265 g/mol. The number of nitrogens with zero attached hydrogens (tertiary/aromatic N) is 2. The highest BCUT2D eigenvalue weighted by Gasteiger charge is 2.22. The van der Waals surface area contributed by atoms with Gasteiger partial charge in [0.25, 0.3) is 0 Å². The van der Waals surface area contributed by atoms with E-state index < -0.39 is 0 Å². The molecule has 2 atom stereocenters. The summed E-state index contributed by atoms with van der Waals surface area (Å²) < 4.78 is 13.4. The smallest absolute Gasteiger partial charge is 0.123 e. The van der Waals surface area contributed by atoms with E-state index in [-0.39, 0.29) is 11.9 Å². The molecule has 0 aliphatic carbocycles. The largest absolute Gasteiger partial charge is 0.367 e. The van der Waals surface area contributed by atoms with Gasteiger partial charge in [-0.05, 0) is 57.6 Å². The minimum absolute atomic E-state index is 0.154. The second kappa shape index (κ2) is 5.88.